The maximum atomic E-state index is 6.31. The van der Waals surface area contributed by atoms with E-state index in [-0.39, 0.29) is 18.3 Å². The highest BCUT2D eigenvalue weighted by Gasteiger charge is 2.51. The standard InChI is InChI=1S/C50H32S.C36H31BO2.C20H13BrS/c1-3-15-34(16-4-1)49-45-29-28-38(32-46(45)51-50(49)35-17-5-2-6-18-35)37-20-13-21-39(31-37)47-41-22-9-11-24-43(41)48(44-25-12-10-23-42(44)47)40-27-26-33-14-7-8-19-36(33)30-40;1-35(2)36(3,4)39-37(38-35)28-21-19-25(20-22-28)33-29-13-7-9-15-31(29)34(32-16-10-8-14-30(32)33)27-18-17-24-11-5-6-12-26(24)23-27;21-16-11-12-17-18(13-16)22-20(15-9-5-2-6-10-15)19(17)14-7-3-1-4-8-14/h1-32H;5-23H,1-4H3;1-13H. The summed E-state index contributed by atoms with van der Waals surface area (Å²) in [6.45, 7) is 8.38. The molecule has 0 bridgehead atoms. The van der Waals surface area contributed by atoms with Crippen LogP contribution in [0.5, 0.6) is 0 Å². The molecule has 3 heterocycles. The molecule has 0 aliphatic carbocycles. The van der Waals surface area contributed by atoms with Crippen LogP contribution in [0, 0.1) is 0 Å². The van der Waals surface area contributed by atoms with Crippen molar-refractivity contribution in [1.29, 1.82) is 0 Å². The molecular weight excluding hydrogens is 1460 g/mol. The Morgan fingerprint density at radius 1 is 0.223 bits per heavy atom. The summed E-state index contributed by atoms with van der Waals surface area (Å²) in [6, 6.07) is 141. The topological polar surface area (TPSA) is 18.5 Å². The highest BCUT2D eigenvalue weighted by molar-refractivity contribution is 9.10. The summed E-state index contributed by atoms with van der Waals surface area (Å²) in [6.07, 6.45) is 0. The Morgan fingerprint density at radius 3 is 0.938 bits per heavy atom. The number of halogens is 1. The van der Waals surface area contributed by atoms with Crippen LogP contribution in [0.2, 0.25) is 0 Å². The van der Waals surface area contributed by atoms with Gasteiger partial charge in [0.15, 0.2) is 0 Å². The van der Waals surface area contributed by atoms with E-state index in [1.807, 2.05) is 22.7 Å². The van der Waals surface area contributed by atoms with Gasteiger partial charge in [0.25, 0.3) is 0 Å². The van der Waals surface area contributed by atoms with Gasteiger partial charge in [0, 0.05) is 45.5 Å². The third kappa shape index (κ3) is 13.1. The maximum Gasteiger partial charge on any atom is 0.494 e. The van der Waals surface area contributed by atoms with E-state index >= 15 is 0 Å². The molecule has 534 valence electrons. The van der Waals surface area contributed by atoms with E-state index < -0.39 is 0 Å². The van der Waals surface area contributed by atoms with E-state index in [4.69, 9.17) is 9.31 Å². The van der Waals surface area contributed by atoms with E-state index in [1.165, 1.54) is 184 Å². The number of benzene rings is 18. The van der Waals surface area contributed by atoms with Gasteiger partial charge in [-0.25, -0.2) is 0 Å². The van der Waals surface area contributed by atoms with Crippen LogP contribution in [-0.2, 0) is 9.31 Å². The molecule has 20 aromatic rings. The SMILES string of the molecule is Brc1ccc2c(-c3ccccc3)c(-c3ccccc3)sc2c1.CC1(C)OB(c2ccc(-c3c4ccccc4c(-c4ccc5ccccc5c4)c4ccccc34)cc2)OC1(C)C.c1ccc(-c2sc3cc(-c4cccc(-c5c6ccccc6c(-c6ccc7ccccc7c6)c6ccccc56)c4)ccc3c2-c2ccccc2)cc1. The van der Waals surface area contributed by atoms with Crippen LogP contribution in [0.4, 0.5) is 0 Å². The second-order valence-electron chi connectivity index (χ2n) is 30.0. The fourth-order valence-corrected chi connectivity index (χ4v) is 19.6. The summed E-state index contributed by atoms with van der Waals surface area (Å²) in [5, 5.41) is 17.8. The second-order valence-corrected chi connectivity index (χ2v) is 33.0. The van der Waals surface area contributed by atoms with E-state index in [0.717, 1.165) is 9.94 Å². The zero-order valence-corrected chi connectivity index (χ0v) is 65.8. The Balaban J connectivity index is 0.000000122. The first-order valence-electron chi connectivity index (χ1n) is 38.4. The predicted molar refractivity (Wildman–Crippen MR) is 487 cm³/mol. The normalized spacial score (nSPS) is 13.1. The molecule has 1 aliphatic rings. The first-order valence-corrected chi connectivity index (χ1v) is 40.8. The molecule has 21 rings (SSSR count). The molecule has 112 heavy (non-hydrogen) atoms. The molecule has 1 saturated heterocycles. The Labute approximate surface area is 670 Å². The Morgan fingerprint density at radius 2 is 0.518 bits per heavy atom. The van der Waals surface area contributed by atoms with Crippen LogP contribution in [0.25, 0.3) is 184 Å². The van der Waals surface area contributed by atoms with Gasteiger partial charge in [-0.3, -0.25) is 0 Å². The van der Waals surface area contributed by atoms with Gasteiger partial charge in [-0.2, -0.15) is 0 Å². The van der Waals surface area contributed by atoms with Gasteiger partial charge in [0.05, 0.1) is 11.2 Å². The van der Waals surface area contributed by atoms with Gasteiger partial charge in [-0.1, -0.05) is 368 Å². The molecule has 0 spiro atoms. The van der Waals surface area contributed by atoms with Crippen molar-refractivity contribution in [3.63, 3.8) is 0 Å². The Bertz CT molecular complexity index is 6820. The maximum absolute atomic E-state index is 6.31. The lowest BCUT2D eigenvalue weighted by atomic mass is 9.78. The van der Waals surface area contributed by atoms with Crippen LogP contribution < -0.4 is 5.46 Å². The Kier molecular flexibility index (Phi) is 18.6. The molecule has 0 saturated carbocycles. The monoisotopic (exact) mass is 1530 g/mol. The lowest BCUT2D eigenvalue weighted by molar-refractivity contribution is 0.00578. The van der Waals surface area contributed by atoms with Crippen molar-refractivity contribution in [2.45, 2.75) is 38.9 Å². The molecular formula is C106H76BBrO2S2. The third-order valence-electron chi connectivity index (χ3n) is 22.7. The quantitative estimate of drug-likeness (QED) is 0.100. The number of hydrogen-bond donors (Lipinski definition) is 0. The lowest BCUT2D eigenvalue weighted by Crippen LogP contribution is -2.41. The van der Waals surface area contributed by atoms with Crippen molar-refractivity contribution in [2.75, 3.05) is 0 Å². The molecule has 0 atom stereocenters. The summed E-state index contributed by atoms with van der Waals surface area (Å²) in [5.41, 5.74) is 20.5. The first kappa shape index (κ1) is 70.3. The third-order valence-corrected chi connectivity index (χ3v) is 25.6. The molecule has 1 fully saturated rings. The molecule has 1 aliphatic heterocycles. The summed E-state index contributed by atoms with van der Waals surface area (Å²) in [7, 11) is -0.368. The molecule has 18 aromatic carbocycles. The minimum Gasteiger partial charge on any atom is -0.399 e. The summed E-state index contributed by atoms with van der Waals surface area (Å²) in [4.78, 5) is 2.65. The van der Waals surface area contributed by atoms with Gasteiger partial charge < -0.3 is 9.31 Å². The first-order chi connectivity index (χ1) is 54.9. The summed E-state index contributed by atoms with van der Waals surface area (Å²) < 4.78 is 16.4. The fourth-order valence-electron chi connectivity index (χ4n) is 16.5. The van der Waals surface area contributed by atoms with Gasteiger partial charge in [-0.15, -0.1) is 22.7 Å². The van der Waals surface area contributed by atoms with Crippen LogP contribution in [0.1, 0.15) is 27.7 Å². The molecule has 6 heteroatoms. The van der Waals surface area contributed by atoms with Crippen LogP contribution in [0.3, 0.4) is 0 Å². The minimum atomic E-state index is -0.368. The van der Waals surface area contributed by atoms with E-state index in [1.54, 1.807) is 0 Å². The number of thiophene rings is 2. The van der Waals surface area contributed by atoms with Crippen molar-refractivity contribution in [2.24, 2.45) is 0 Å². The smallest absolute Gasteiger partial charge is 0.399 e. The van der Waals surface area contributed by atoms with Gasteiger partial charge in [0.1, 0.15) is 0 Å². The number of rotatable bonds is 10. The predicted octanol–water partition coefficient (Wildman–Crippen LogP) is 30.5. The Hall–Kier alpha value is -12.1. The van der Waals surface area contributed by atoms with E-state index in [0.29, 0.717) is 0 Å². The minimum absolute atomic E-state index is 0.360. The zero-order chi connectivity index (χ0) is 75.4. The fraction of sp³-hybridized carbons (Fsp3) is 0.0566. The van der Waals surface area contributed by atoms with Gasteiger partial charge in [-0.05, 0) is 212 Å². The molecule has 2 nitrogen and oxygen atoms in total. The second kappa shape index (κ2) is 29.6. The van der Waals surface area contributed by atoms with Crippen LogP contribution in [0.15, 0.2) is 393 Å². The van der Waals surface area contributed by atoms with Crippen molar-refractivity contribution in [3.05, 3.63) is 393 Å². The summed E-state index contributed by atoms with van der Waals surface area (Å²) >= 11 is 7.33. The van der Waals surface area contributed by atoms with Crippen molar-refractivity contribution < 1.29 is 9.31 Å². The number of fused-ring (bicyclic) bond motifs is 8. The van der Waals surface area contributed by atoms with Gasteiger partial charge in [0.2, 0.25) is 0 Å². The average Bonchev–Trinajstić information content (AvgIpc) is 1.06. The zero-order valence-electron chi connectivity index (χ0n) is 62.5. The molecule has 2 aromatic heterocycles. The average molecular weight is 1540 g/mol. The van der Waals surface area contributed by atoms with Crippen molar-refractivity contribution in [1.82, 2.24) is 0 Å². The van der Waals surface area contributed by atoms with Crippen LogP contribution in [-0.4, -0.2) is 18.3 Å². The number of hydrogen-bond acceptors (Lipinski definition) is 4. The van der Waals surface area contributed by atoms with E-state index in [9.17, 15) is 0 Å². The van der Waals surface area contributed by atoms with Gasteiger partial charge >= 0.3 is 7.12 Å². The molecule has 0 amide bonds. The largest absolute Gasteiger partial charge is 0.494 e. The highest BCUT2D eigenvalue weighted by Crippen LogP contribution is 2.51. The molecule has 0 radical (unpaired) electrons. The van der Waals surface area contributed by atoms with Crippen LogP contribution >= 0.6 is 38.6 Å². The molecule has 0 unspecified atom stereocenters. The van der Waals surface area contributed by atoms with Crippen molar-refractivity contribution in [3.8, 4) is 98.8 Å². The highest BCUT2D eigenvalue weighted by atomic mass is 79.9. The molecule has 0 N–H and O–H groups in total. The lowest BCUT2D eigenvalue weighted by Gasteiger charge is -2.32. The van der Waals surface area contributed by atoms with E-state index in [2.05, 4.69) is 432 Å². The summed E-state index contributed by atoms with van der Waals surface area (Å²) in [5.74, 6) is 0. The van der Waals surface area contributed by atoms with Crippen molar-refractivity contribution >= 4 is 136 Å².